The highest BCUT2D eigenvalue weighted by Gasteiger charge is 2.20. The van der Waals surface area contributed by atoms with E-state index in [9.17, 15) is 9.90 Å². The van der Waals surface area contributed by atoms with Crippen LogP contribution in [0.1, 0.15) is 44.7 Å². The highest BCUT2D eigenvalue weighted by Crippen LogP contribution is 2.32. The Morgan fingerprint density at radius 2 is 1.88 bits per heavy atom. The van der Waals surface area contributed by atoms with Crippen molar-refractivity contribution in [3.05, 3.63) is 29.3 Å². The Balaban J connectivity index is 3.14. The van der Waals surface area contributed by atoms with E-state index in [0.29, 0.717) is 5.56 Å². The largest absolute Gasteiger partial charge is 0.508 e. The monoisotopic (exact) mass is 222 g/mol. The lowest BCUT2D eigenvalue weighted by Crippen LogP contribution is -2.12. The lowest BCUT2D eigenvalue weighted by Gasteiger charge is -2.21. The molecule has 0 aliphatic rings. The summed E-state index contributed by atoms with van der Waals surface area (Å²) < 4.78 is 0. The third-order valence-corrected chi connectivity index (χ3v) is 2.70. The summed E-state index contributed by atoms with van der Waals surface area (Å²) in [6, 6.07) is 5.10. The fourth-order valence-corrected chi connectivity index (χ4v) is 1.59. The van der Waals surface area contributed by atoms with Gasteiger partial charge < -0.3 is 10.2 Å². The lowest BCUT2D eigenvalue weighted by atomic mass is 9.85. The number of rotatable bonds is 2. The van der Waals surface area contributed by atoms with E-state index in [-0.39, 0.29) is 11.2 Å². The average molecular weight is 222 g/mol. The number of phenols is 1. The number of benzene rings is 1. The van der Waals surface area contributed by atoms with Gasteiger partial charge in [-0.25, -0.2) is 0 Å². The van der Waals surface area contributed by atoms with E-state index in [1.165, 1.54) is 0 Å². The Bertz CT molecular complexity index is 402. The van der Waals surface area contributed by atoms with Crippen LogP contribution in [0, 0.1) is 0 Å². The Morgan fingerprint density at radius 1 is 1.31 bits per heavy atom. The quantitative estimate of drug-likeness (QED) is 0.809. The lowest BCUT2D eigenvalue weighted by molar-refractivity contribution is -0.138. The molecule has 1 unspecified atom stereocenters. The number of aliphatic carboxylic acids is 1. The third kappa shape index (κ3) is 2.54. The minimum Gasteiger partial charge on any atom is -0.508 e. The summed E-state index contributed by atoms with van der Waals surface area (Å²) in [6.07, 6.45) is 0. The maximum absolute atomic E-state index is 10.8. The highest BCUT2D eigenvalue weighted by atomic mass is 16.4. The first-order valence-electron chi connectivity index (χ1n) is 5.29. The first kappa shape index (κ1) is 12.6. The van der Waals surface area contributed by atoms with E-state index in [1.54, 1.807) is 25.1 Å². The molecule has 2 N–H and O–H groups in total. The summed E-state index contributed by atoms with van der Waals surface area (Å²) in [7, 11) is 0. The van der Waals surface area contributed by atoms with Crippen LogP contribution in [0.2, 0.25) is 0 Å². The van der Waals surface area contributed by atoms with Crippen LogP contribution in [-0.4, -0.2) is 16.2 Å². The number of hydrogen-bond donors (Lipinski definition) is 2. The number of aromatic hydroxyl groups is 1. The zero-order valence-corrected chi connectivity index (χ0v) is 10.1. The van der Waals surface area contributed by atoms with Gasteiger partial charge in [0.1, 0.15) is 5.75 Å². The van der Waals surface area contributed by atoms with E-state index in [1.807, 2.05) is 20.8 Å². The van der Waals surface area contributed by atoms with Crippen molar-refractivity contribution in [2.45, 2.75) is 39.0 Å². The molecule has 1 atom stereocenters. The van der Waals surface area contributed by atoms with Crippen LogP contribution in [0.3, 0.4) is 0 Å². The van der Waals surface area contributed by atoms with Gasteiger partial charge in [-0.05, 0) is 29.5 Å². The number of hydrogen-bond acceptors (Lipinski definition) is 2. The standard InChI is InChI=1S/C13H18O3/c1-8(12(15)16)9-5-6-10(11(14)7-9)13(2,3)4/h5-8,14H,1-4H3,(H,15,16). The molecule has 3 heteroatoms. The van der Waals surface area contributed by atoms with Gasteiger partial charge in [0, 0.05) is 0 Å². The summed E-state index contributed by atoms with van der Waals surface area (Å²) in [5.74, 6) is -1.32. The molecule has 0 fully saturated rings. The molecule has 0 heterocycles. The van der Waals surface area contributed by atoms with Gasteiger partial charge in [0.05, 0.1) is 5.92 Å². The van der Waals surface area contributed by atoms with E-state index in [4.69, 9.17) is 5.11 Å². The van der Waals surface area contributed by atoms with Crippen molar-refractivity contribution >= 4 is 5.97 Å². The number of carbonyl (C=O) groups is 1. The van der Waals surface area contributed by atoms with Gasteiger partial charge >= 0.3 is 5.97 Å². The Hall–Kier alpha value is -1.51. The molecule has 0 aromatic heterocycles. The van der Waals surface area contributed by atoms with Crippen molar-refractivity contribution in [1.29, 1.82) is 0 Å². The molecule has 1 aromatic carbocycles. The van der Waals surface area contributed by atoms with Gasteiger partial charge in [0.15, 0.2) is 0 Å². The molecule has 1 aromatic rings. The van der Waals surface area contributed by atoms with Crippen molar-refractivity contribution in [3.63, 3.8) is 0 Å². The Kier molecular flexibility index (Phi) is 3.27. The maximum atomic E-state index is 10.8. The molecule has 88 valence electrons. The zero-order chi connectivity index (χ0) is 12.5. The van der Waals surface area contributed by atoms with Gasteiger partial charge in [-0.2, -0.15) is 0 Å². The second kappa shape index (κ2) is 4.16. The molecular weight excluding hydrogens is 204 g/mol. The smallest absolute Gasteiger partial charge is 0.310 e. The van der Waals surface area contributed by atoms with E-state index >= 15 is 0 Å². The summed E-state index contributed by atoms with van der Waals surface area (Å²) in [5.41, 5.74) is 1.31. The van der Waals surface area contributed by atoms with Crippen molar-refractivity contribution in [2.75, 3.05) is 0 Å². The molecule has 16 heavy (non-hydrogen) atoms. The fourth-order valence-electron chi connectivity index (χ4n) is 1.59. The molecule has 0 bridgehead atoms. The minimum absolute atomic E-state index is 0.144. The first-order chi connectivity index (χ1) is 7.23. The van der Waals surface area contributed by atoms with Crippen LogP contribution in [0.5, 0.6) is 5.75 Å². The summed E-state index contributed by atoms with van der Waals surface area (Å²) in [4.78, 5) is 10.8. The molecule has 0 radical (unpaired) electrons. The van der Waals surface area contributed by atoms with Gasteiger partial charge in [-0.3, -0.25) is 4.79 Å². The van der Waals surface area contributed by atoms with Crippen LogP contribution in [0.15, 0.2) is 18.2 Å². The first-order valence-corrected chi connectivity index (χ1v) is 5.29. The zero-order valence-electron chi connectivity index (χ0n) is 10.1. The van der Waals surface area contributed by atoms with E-state index in [0.717, 1.165) is 5.56 Å². The van der Waals surface area contributed by atoms with Gasteiger partial charge in [0.2, 0.25) is 0 Å². The van der Waals surface area contributed by atoms with E-state index < -0.39 is 11.9 Å². The van der Waals surface area contributed by atoms with Crippen molar-refractivity contribution in [3.8, 4) is 5.75 Å². The molecule has 0 amide bonds. The number of carboxylic acids is 1. The minimum atomic E-state index is -0.886. The number of phenolic OH excluding ortho intramolecular Hbond substituents is 1. The summed E-state index contributed by atoms with van der Waals surface area (Å²) in [6.45, 7) is 7.61. The molecular formula is C13H18O3. The normalized spacial score (nSPS) is 13.5. The van der Waals surface area contributed by atoms with Crippen LogP contribution in [-0.2, 0) is 10.2 Å². The highest BCUT2D eigenvalue weighted by molar-refractivity contribution is 5.75. The van der Waals surface area contributed by atoms with Crippen LogP contribution >= 0.6 is 0 Å². The predicted octanol–water partition coefficient (Wildman–Crippen LogP) is 2.88. The van der Waals surface area contributed by atoms with Crippen LogP contribution in [0.4, 0.5) is 0 Å². The fraction of sp³-hybridized carbons (Fsp3) is 0.462. The predicted molar refractivity (Wildman–Crippen MR) is 62.9 cm³/mol. The Labute approximate surface area is 95.7 Å². The van der Waals surface area contributed by atoms with E-state index in [2.05, 4.69) is 0 Å². The molecule has 0 saturated carbocycles. The van der Waals surface area contributed by atoms with Crippen molar-refractivity contribution < 1.29 is 15.0 Å². The second-order valence-electron chi connectivity index (χ2n) is 5.09. The van der Waals surface area contributed by atoms with Gasteiger partial charge in [0.25, 0.3) is 0 Å². The van der Waals surface area contributed by atoms with Crippen LogP contribution in [0.25, 0.3) is 0 Å². The van der Waals surface area contributed by atoms with Crippen molar-refractivity contribution in [2.24, 2.45) is 0 Å². The summed E-state index contributed by atoms with van der Waals surface area (Å²) >= 11 is 0. The van der Waals surface area contributed by atoms with Crippen LogP contribution < -0.4 is 0 Å². The second-order valence-corrected chi connectivity index (χ2v) is 5.09. The van der Waals surface area contributed by atoms with Crippen molar-refractivity contribution in [1.82, 2.24) is 0 Å². The average Bonchev–Trinajstić information content (AvgIpc) is 2.14. The SMILES string of the molecule is CC(C(=O)O)c1ccc(C(C)(C)C)c(O)c1. The molecule has 3 nitrogen and oxygen atoms in total. The van der Waals surface area contributed by atoms with Gasteiger partial charge in [-0.1, -0.05) is 32.9 Å². The molecule has 1 rings (SSSR count). The molecule has 0 aliphatic heterocycles. The summed E-state index contributed by atoms with van der Waals surface area (Å²) in [5, 5.41) is 18.7. The Morgan fingerprint density at radius 3 is 2.25 bits per heavy atom. The molecule has 0 saturated heterocycles. The number of carboxylic acid groups (broad SMARTS) is 1. The maximum Gasteiger partial charge on any atom is 0.310 e. The van der Waals surface area contributed by atoms with Gasteiger partial charge in [-0.15, -0.1) is 0 Å². The molecule has 0 aliphatic carbocycles. The molecule has 0 spiro atoms. The third-order valence-electron chi connectivity index (χ3n) is 2.70. The topological polar surface area (TPSA) is 57.5 Å².